The van der Waals surface area contributed by atoms with Crippen molar-refractivity contribution in [1.82, 2.24) is 4.72 Å². The Balaban J connectivity index is 2.36. The average Bonchev–Trinajstić information content (AvgIpc) is 3.04. The summed E-state index contributed by atoms with van der Waals surface area (Å²) in [4.78, 5) is 10.9. The highest BCUT2D eigenvalue weighted by Gasteiger charge is 2.20. The van der Waals surface area contributed by atoms with E-state index in [9.17, 15) is 13.2 Å². The Hall–Kier alpha value is -2.58. The zero-order chi connectivity index (χ0) is 16.9. The zero-order valence-electron chi connectivity index (χ0n) is 12.2. The summed E-state index contributed by atoms with van der Waals surface area (Å²) in [6.07, 6.45) is 2.91. The smallest absolute Gasteiger partial charge is 0.335 e. The topological polar surface area (TPSA) is 109 Å². The van der Waals surface area contributed by atoms with E-state index in [1.165, 1.54) is 24.5 Å². The molecule has 122 valence electrons. The van der Waals surface area contributed by atoms with Crippen molar-refractivity contribution < 1.29 is 22.7 Å². The minimum absolute atomic E-state index is 0.0389. The number of anilines is 1. The standard InChI is InChI=1S/C15H16N2O5S/c1-2-7-17-23(20,21)14-9-11(15(18)19)5-6-13(14)16-10-12-4-3-8-22-12/h2-6,8-9,16-17H,1,7,10H2,(H,18,19). The molecule has 3 N–H and O–H groups in total. The highest BCUT2D eigenvalue weighted by molar-refractivity contribution is 7.89. The fourth-order valence-corrected chi connectivity index (χ4v) is 3.07. The van der Waals surface area contributed by atoms with Gasteiger partial charge in [0.05, 0.1) is 24.1 Å². The SMILES string of the molecule is C=CCNS(=O)(=O)c1cc(C(=O)O)ccc1NCc1ccco1. The van der Waals surface area contributed by atoms with Crippen LogP contribution in [-0.4, -0.2) is 26.0 Å². The number of carbonyl (C=O) groups is 1. The van der Waals surface area contributed by atoms with Crippen molar-refractivity contribution in [3.8, 4) is 0 Å². The molecule has 1 aromatic heterocycles. The second-order valence-electron chi connectivity index (χ2n) is 4.59. The largest absolute Gasteiger partial charge is 0.478 e. The molecule has 0 bridgehead atoms. The van der Waals surface area contributed by atoms with Crippen LogP contribution in [-0.2, 0) is 16.6 Å². The Bertz CT molecular complexity index is 797. The van der Waals surface area contributed by atoms with Crippen LogP contribution in [0.25, 0.3) is 0 Å². The van der Waals surface area contributed by atoms with E-state index in [1.54, 1.807) is 12.1 Å². The number of carboxylic acids is 1. The number of hydrogen-bond donors (Lipinski definition) is 3. The van der Waals surface area contributed by atoms with Crippen LogP contribution in [0.4, 0.5) is 5.69 Å². The summed E-state index contributed by atoms with van der Waals surface area (Å²) in [5, 5.41) is 12.0. The van der Waals surface area contributed by atoms with E-state index in [0.29, 0.717) is 5.76 Å². The summed E-state index contributed by atoms with van der Waals surface area (Å²) < 4.78 is 32.2. The summed E-state index contributed by atoms with van der Waals surface area (Å²) in [5.41, 5.74) is 0.162. The molecule has 1 aromatic carbocycles. The molecule has 0 unspecified atom stereocenters. The second-order valence-corrected chi connectivity index (χ2v) is 6.32. The van der Waals surface area contributed by atoms with Crippen molar-refractivity contribution in [1.29, 1.82) is 0 Å². The van der Waals surface area contributed by atoms with Gasteiger partial charge in [-0.2, -0.15) is 0 Å². The molecule has 7 nitrogen and oxygen atoms in total. The van der Waals surface area contributed by atoms with Gasteiger partial charge in [-0.3, -0.25) is 0 Å². The normalized spacial score (nSPS) is 11.1. The van der Waals surface area contributed by atoms with E-state index in [-0.39, 0.29) is 29.2 Å². The molecule has 0 aliphatic carbocycles. The van der Waals surface area contributed by atoms with Gasteiger partial charge in [0.25, 0.3) is 0 Å². The van der Waals surface area contributed by atoms with Crippen LogP contribution in [0, 0.1) is 0 Å². The van der Waals surface area contributed by atoms with Gasteiger partial charge in [0.15, 0.2) is 0 Å². The molecule has 1 heterocycles. The van der Waals surface area contributed by atoms with Gasteiger partial charge in [-0.15, -0.1) is 6.58 Å². The molecule has 8 heteroatoms. The van der Waals surface area contributed by atoms with Gasteiger partial charge in [0.1, 0.15) is 10.7 Å². The first-order chi connectivity index (χ1) is 10.9. The molecule has 0 saturated heterocycles. The summed E-state index contributed by atoms with van der Waals surface area (Å²) in [5.74, 6) is -0.586. The van der Waals surface area contributed by atoms with Crippen LogP contribution >= 0.6 is 0 Å². The molecule has 0 amide bonds. The first kappa shape index (κ1) is 16.8. The molecule has 2 rings (SSSR count). The Morgan fingerprint density at radius 2 is 2.13 bits per heavy atom. The molecule has 0 aliphatic rings. The average molecular weight is 336 g/mol. The van der Waals surface area contributed by atoms with Crippen LogP contribution in [0.5, 0.6) is 0 Å². The van der Waals surface area contributed by atoms with Gasteiger partial charge in [0, 0.05) is 6.54 Å². The van der Waals surface area contributed by atoms with Gasteiger partial charge < -0.3 is 14.8 Å². The number of hydrogen-bond acceptors (Lipinski definition) is 5. The fraction of sp³-hybridized carbons (Fsp3) is 0.133. The van der Waals surface area contributed by atoms with Crippen LogP contribution in [0.1, 0.15) is 16.1 Å². The molecule has 0 atom stereocenters. The molecule has 0 spiro atoms. The van der Waals surface area contributed by atoms with Gasteiger partial charge in [-0.05, 0) is 30.3 Å². The van der Waals surface area contributed by atoms with Gasteiger partial charge >= 0.3 is 5.97 Å². The summed E-state index contributed by atoms with van der Waals surface area (Å²) in [6.45, 7) is 3.75. The van der Waals surface area contributed by atoms with Gasteiger partial charge in [-0.25, -0.2) is 17.9 Å². The van der Waals surface area contributed by atoms with Crippen LogP contribution in [0.15, 0.2) is 58.6 Å². The number of carboxylic acid groups (broad SMARTS) is 1. The lowest BCUT2D eigenvalue weighted by Crippen LogP contribution is -2.25. The van der Waals surface area contributed by atoms with E-state index >= 15 is 0 Å². The predicted molar refractivity (Wildman–Crippen MR) is 84.8 cm³/mol. The lowest BCUT2D eigenvalue weighted by molar-refractivity contribution is 0.0696. The molecule has 0 aliphatic heterocycles. The Morgan fingerprint density at radius 1 is 1.35 bits per heavy atom. The number of furan rings is 1. The van der Waals surface area contributed by atoms with Crippen molar-refractivity contribution in [3.63, 3.8) is 0 Å². The highest BCUT2D eigenvalue weighted by Crippen LogP contribution is 2.23. The van der Waals surface area contributed by atoms with E-state index in [4.69, 9.17) is 9.52 Å². The molecular formula is C15H16N2O5S. The minimum Gasteiger partial charge on any atom is -0.478 e. The van der Waals surface area contributed by atoms with Crippen molar-refractivity contribution in [2.45, 2.75) is 11.4 Å². The van der Waals surface area contributed by atoms with Crippen molar-refractivity contribution in [3.05, 3.63) is 60.6 Å². The summed E-state index contributed by atoms with van der Waals surface area (Å²) in [6, 6.07) is 7.31. The van der Waals surface area contributed by atoms with Crippen molar-refractivity contribution in [2.24, 2.45) is 0 Å². The number of rotatable bonds is 8. The third kappa shape index (κ3) is 4.21. The molecule has 0 radical (unpaired) electrons. The Morgan fingerprint density at radius 3 is 2.74 bits per heavy atom. The predicted octanol–water partition coefficient (Wildman–Crippen LogP) is 2.05. The lowest BCUT2D eigenvalue weighted by atomic mass is 10.2. The van der Waals surface area contributed by atoms with Gasteiger partial charge in [-0.1, -0.05) is 6.08 Å². The van der Waals surface area contributed by atoms with E-state index in [0.717, 1.165) is 6.07 Å². The number of benzene rings is 1. The maximum absolute atomic E-state index is 12.3. The summed E-state index contributed by atoms with van der Waals surface area (Å²) in [7, 11) is -3.88. The number of sulfonamides is 1. The van der Waals surface area contributed by atoms with Gasteiger partial charge in [0.2, 0.25) is 10.0 Å². The molecule has 0 fully saturated rings. The third-order valence-corrected chi connectivity index (χ3v) is 4.43. The first-order valence-electron chi connectivity index (χ1n) is 6.68. The Labute approximate surface area is 133 Å². The molecule has 0 saturated carbocycles. The minimum atomic E-state index is -3.88. The fourth-order valence-electron chi connectivity index (χ4n) is 1.87. The maximum atomic E-state index is 12.3. The van der Waals surface area contributed by atoms with Crippen molar-refractivity contribution in [2.75, 3.05) is 11.9 Å². The number of nitrogens with one attached hydrogen (secondary N) is 2. The highest BCUT2D eigenvalue weighted by atomic mass is 32.2. The second kappa shape index (κ2) is 7.12. The third-order valence-electron chi connectivity index (χ3n) is 2.97. The van der Waals surface area contributed by atoms with Crippen LogP contribution < -0.4 is 10.0 Å². The van der Waals surface area contributed by atoms with Crippen LogP contribution in [0.2, 0.25) is 0 Å². The molecule has 2 aromatic rings. The van der Waals surface area contributed by atoms with E-state index in [2.05, 4.69) is 16.6 Å². The Kier molecular flexibility index (Phi) is 5.20. The zero-order valence-corrected chi connectivity index (χ0v) is 13.0. The quantitative estimate of drug-likeness (QED) is 0.637. The maximum Gasteiger partial charge on any atom is 0.335 e. The monoisotopic (exact) mass is 336 g/mol. The first-order valence-corrected chi connectivity index (χ1v) is 8.16. The van der Waals surface area contributed by atoms with E-state index in [1.807, 2.05) is 0 Å². The lowest BCUT2D eigenvalue weighted by Gasteiger charge is -2.13. The summed E-state index contributed by atoms with van der Waals surface area (Å²) >= 11 is 0. The van der Waals surface area contributed by atoms with Crippen LogP contribution in [0.3, 0.4) is 0 Å². The molecular weight excluding hydrogens is 320 g/mol. The van der Waals surface area contributed by atoms with Crippen molar-refractivity contribution >= 4 is 21.7 Å². The molecule has 23 heavy (non-hydrogen) atoms. The number of aromatic carboxylic acids is 1. The van der Waals surface area contributed by atoms with E-state index < -0.39 is 16.0 Å².